The van der Waals surface area contributed by atoms with E-state index in [0.29, 0.717) is 37.4 Å². The minimum atomic E-state index is -1.12. The van der Waals surface area contributed by atoms with E-state index in [9.17, 15) is 24.3 Å². The molecular weight excluding hydrogens is 529 g/mol. The summed E-state index contributed by atoms with van der Waals surface area (Å²) in [5.41, 5.74) is -0.144. The fourth-order valence-electron chi connectivity index (χ4n) is 5.70. The molecule has 206 valence electrons. The highest BCUT2D eigenvalue weighted by atomic mass is 19.1. The molecule has 1 saturated carbocycles. The van der Waals surface area contributed by atoms with Gasteiger partial charge in [0.25, 0.3) is 0 Å². The topological polar surface area (TPSA) is 118 Å². The number of phenolic OH excluding ortho intramolecular Hbond substituents is 1. The number of nitrogens with zero attached hydrogens (tertiary/aromatic N) is 2. The number of aromatic hydroxyl groups is 1. The van der Waals surface area contributed by atoms with Crippen LogP contribution in [-0.2, 0) is 0 Å². The Hall–Kier alpha value is -4.83. The number of rotatable bonds is 4. The number of anilines is 1. The summed E-state index contributed by atoms with van der Waals surface area (Å²) >= 11 is 0. The molecule has 1 saturated heterocycles. The molecular formula is C31H24FN3O6. The number of esters is 1. The number of fused-ring (bicyclic) bond motifs is 3. The number of aromatic nitrogens is 1. The van der Waals surface area contributed by atoms with Crippen LogP contribution in [0.3, 0.4) is 0 Å². The van der Waals surface area contributed by atoms with Gasteiger partial charge in [0.15, 0.2) is 23.1 Å². The van der Waals surface area contributed by atoms with Gasteiger partial charge in [-0.05, 0) is 37.1 Å². The molecule has 4 aromatic rings. The Morgan fingerprint density at radius 1 is 0.951 bits per heavy atom. The average molecular weight is 554 g/mol. The summed E-state index contributed by atoms with van der Waals surface area (Å²) in [4.78, 5) is 55.4. The van der Waals surface area contributed by atoms with Crippen molar-refractivity contribution in [2.24, 2.45) is 0 Å². The molecule has 2 fully saturated rings. The summed E-state index contributed by atoms with van der Waals surface area (Å²) < 4.78 is 22.6. The van der Waals surface area contributed by atoms with Crippen LogP contribution in [0.4, 0.5) is 10.1 Å². The van der Waals surface area contributed by atoms with Crippen LogP contribution >= 0.6 is 0 Å². The summed E-state index contributed by atoms with van der Waals surface area (Å²) in [5.74, 6) is -3.77. The maximum Gasteiger partial charge on any atom is 0.349 e. The number of carbonyl (C=O) groups is 3. The third-order valence-corrected chi connectivity index (χ3v) is 7.94. The van der Waals surface area contributed by atoms with Crippen molar-refractivity contribution in [1.82, 2.24) is 9.88 Å². The van der Waals surface area contributed by atoms with Crippen molar-refractivity contribution in [1.29, 1.82) is 0 Å². The quantitative estimate of drug-likeness (QED) is 0.256. The molecule has 10 heteroatoms. The molecule has 41 heavy (non-hydrogen) atoms. The highest BCUT2D eigenvalue weighted by Gasteiger charge is 2.35. The molecule has 0 atom stereocenters. The number of halogens is 1. The Bertz CT molecular complexity index is 1870. The average Bonchev–Trinajstić information content (AvgIpc) is 3.83. The Kier molecular flexibility index (Phi) is 5.75. The van der Waals surface area contributed by atoms with Crippen molar-refractivity contribution < 1.29 is 28.6 Å². The number of phenols is 1. The highest BCUT2D eigenvalue weighted by molar-refractivity contribution is 6.29. The molecule has 9 nitrogen and oxygen atoms in total. The van der Waals surface area contributed by atoms with E-state index in [-0.39, 0.29) is 39.2 Å². The van der Waals surface area contributed by atoms with Gasteiger partial charge < -0.3 is 24.6 Å². The zero-order chi connectivity index (χ0) is 28.4. The first-order valence-electron chi connectivity index (χ1n) is 13.4. The van der Waals surface area contributed by atoms with E-state index < -0.39 is 40.3 Å². The first-order valence-corrected chi connectivity index (χ1v) is 13.4. The molecule has 2 N–H and O–H groups in total. The number of benzene rings is 3. The molecule has 0 unspecified atom stereocenters. The third kappa shape index (κ3) is 4.02. The van der Waals surface area contributed by atoms with Crippen LogP contribution in [0.2, 0.25) is 0 Å². The lowest BCUT2D eigenvalue weighted by atomic mass is 9.83. The van der Waals surface area contributed by atoms with E-state index in [4.69, 9.17) is 4.74 Å². The summed E-state index contributed by atoms with van der Waals surface area (Å²) in [7, 11) is 0. The van der Waals surface area contributed by atoms with Gasteiger partial charge in [-0.2, -0.15) is 0 Å². The lowest BCUT2D eigenvalue weighted by Gasteiger charge is -2.30. The van der Waals surface area contributed by atoms with Gasteiger partial charge in [-0.25, -0.2) is 9.18 Å². The lowest BCUT2D eigenvalue weighted by Crippen LogP contribution is -2.43. The molecule has 0 radical (unpaired) electrons. The number of carbonyl (C=O) groups excluding carboxylic acids is 3. The fourth-order valence-corrected chi connectivity index (χ4v) is 5.70. The molecule has 7 rings (SSSR count). The van der Waals surface area contributed by atoms with Crippen LogP contribution in [-0.4, -0.2) is 53.4 Å². The molecule has 3 aliphatic rings. The van der Waals surface area contributed by atoms with Crippen molar-refractivity contribution in [3.05, 3.63) is 98.6 Å². The van der Waals surface area contributed by atoms with Crippen molar-refractivity contribution in [2.45, 2.75) is 18.9 Å². The Labute approximate surface area is 232 Å². The largest absolute Gasteiger partial charge is 0.504 e. The molecule has 0 amide bonds. The second-order valence-corrected chi connectivity index (χ2v) is 10.5. The Morgan fingerprint density at radius 3 is 2.37 bits per heavy atom. The van der Waals surface area contributed by atoms with Crippen LogP contribution in [0, 0.1) is 5.82 Å². The van der Waals surface area contributed by atoms with E-state index in [1.807, 2.05) is 4.90 Å². The smallest absolute Gasteiger partial charge is 0.349 e. The zero-order valence-corrected chi connectivity index (χ0v) is 21.8. The van der Waals surface area contributed by atoms with Crippen molar-refractivity contribution in [2.75, 3.05) is 31.1 Å². The van der Waals surface area contributed by atoms with Crippen LogP contribution in [0.1, 0.15) is 61.1 Å². The van der Waals surface area contributed by atoms with Crippen molar-refractivity contribution >= 4 is 34.1 Å². The SMILES string of the molecule is O=C1c2ccccc2C(=O)c2c1ccc(O)c2OC(=O)c1cn(C2CC2)c2cc(N3CCNCC3)c(F)cc2c1=O. The fraction of sp³-hybridized carbons (Fsp3) is 0.226. The van der Waals surface area contributed by atoms with Gasteiger partial charge in [0.2, 0.25) is 5.43 Å². The summed E-state index contributed by atoms with van der Waals surface area (Å²) in [6.07, 6.45) is 3.06. The monoisotopic (exact) mass is 553 g/mol. The molecule has 1 aromatic heterocycles. The summed E-state index contributed by atoms with van der Waals surface area (Å²) in [5, 5.41) is 13.9. The van der Waals surface area contributed by atoms with Gasteiger partial charge in [-0.3, -0.25) is 14.4 Å². The second kappa shape index (κ2) is 9.38. The van der Waals surface area contributed by atoms with Gasteiger partial charge in [0, 0.05) is 60.5 Å². The Morgan fingerprint density at radius 2 is 1.66 bits per heavy atom. The second-order valence-electron chi connectivity index (χ2n) is 10.5. The van der Waals surface area contributed by atoms with Crippen molar-refractivity contribution in [3.8, 4) is 11.5 Å². The normalized spacial score (nSPS) is 16.5. The number of hydrogen-bond donors (Lipinski definition) is 2. The number of hydrogen-bond acceptors (Lipinski definition) is 8. The number of ketones is 2. The van der Waals surface area contributed by atoms with E-state index in [0.717, 1.165) is 25.0 Å². The first-order chi connectivity index (χ1) is 19.8. The van der Waals surface area contributed by atoms with Gasteiger partial charge in [0.1, 0.15) is 11.4 Å². The molecule has 3 aromatic carbocycles. The van der Waals surface area contributed by atoms with Crippen LogP contribution in [0.5, 0.6) is 11.5 Å². The minimum absolute atomic E-state index is 0.0225. The maximum absolute atomic E-state index is 15.3. The van der Waals surface area contributed by atoms with E-state index in [1.165, 1.54) is 24.4 Å². The van der Waals surface area contributed by atoms with Crippen molar-refractivity contribution in [3.63, 3.8) is 0 Å². The molecule has 2 aliphatic carbocycles. The number of pyridine rings is 1. The number of ether oxygens (including phenoxy) is 1. The first kappa shape index (κ1) is 25.2. The molecule has 2 heterocycles. The molecule has 0 spiro atoms. The summed E-state index contributed by atoms with van der Waals surface area (Å²) in [6, 6.07) is 11.6. The highest BCUT2D eigenvalue weighted by Crippen LogP contribution is 2.40. The van der Waals surface area contributed by atoms with E-state index in [2.05, 4.69) is 5.32 Å². The maximum atomic E-state index is 15.3. The van der Waals surface area contributed by atoms with E-state index >= 15 is 4.39 Å². The van der Waals surface area contributed by atoms with Gasteiger partial charge >= 0.3 is 5.97 Å². The third-order valence-electron chi connectivity index (χ3n) is 7.94. The standard InChI is InChI=1S/C31H24FN3O6/c32-22-13-20-23(14-24(22)34-11-9-33-10-12-34)35(16-5-6-16)15-21(28(20)38)31(40)41-30-25(36)8-7-19-26(30)29(39)18-4-2-1-3-17(18)27(19)37/h1-4,7-8,13-16,33,36H,5-6,9-12H2. The number of nitrogens with one attached hydrogen (secondary N) is 1. The van der Waals surface area contributed by atoms with Gasteiger partial charge in [0.05, 0.1) is 16.8 Å². The Balaban J connectivity index is 1.32. The van der Waals surface area contributed by atoms with Crippen LogP contribution in [0.15, 0.2) is 59.5 Å². The number of piperazine rings is 1. The molecule has 1 aliphatic heterocycles. The molecule has 0 bridgehead atoms. The van der Waals surface area contributed by atoms with Gasteiger partial charge in [-0.1, -0.05) is 24.3 Å². The zero-order valence-electron chi connectivity index (χ0n) is 21.8. The predicted octanol–water partition coefficient (Wildman–Crippen LogP) is 3.59. The lowest BCUT2D eigenvalue weighted by molar-refractivity contribution is 0.0724. The predicted molar refractivity (Wildman–Crippen MR) is 148 cm³/mol. The minimum Gasteiger partial charge on any atom is -0.504 e. The van der Waals surface area contributed by atoms with Gasteiger partial charge in [-0.15, -0.1) is 0 Å². The summed E-state index contributed by atoms with van der Waals surface area (Å²) in [6.45, 7) is 2.68. The van der Waals surface area contributed by atoms with E-state index in [1.54, 1.807) is 22.8 Å². The van der Waals surface area contributed by atoms with Crippen LogP contribution < -0.4 is 20.4 Å². The van der Waals surface area contributed by atoms with Crippen LogP contribution in [0.25, 0.3) is 10.9 Å².